The zero-order chi connectivity index (χ0) is 11.7. The number of rotatable bonds is 2. The van der Waals surface area contributed by atoms with Gasteiger partial charge >= 0.3 is 0 Å². The molecule has 3 rings (SSSR count). The zero-order valence-corrected chi connectivity index (χ0v) is 9.95. The molecular weight excluding hydrogens is 230 g/mol. The highest BCUT2D eigenvalue weighted by Crippen LogP contribution is 2.20. The Bertz CT molecular complexity index is 647. The largest absolute Gasteiger partial charge is 0.383 e. The highest BCUT2D eigenvalue weighted by Gasteiger charge is 2.05. The molecule has 3 aromatic heterocycles. The normalized spacial score (nSPS) is 10.8. The van der Waals surface area contributed by atoms with Gasteiger partial charge in [0.05, 0.1) is 11.2 Å². The van der Waals surface area contributed by atoms with Gasteiger partial charge in [-0.1, -0.05) is 6.07 Å². The molecule has 0 aromatic carbocycles. The fourth-order valence-electron chi connectivity index (χ4n) is 1.84. The second-order valence-electron chi connectivity index (χ2n) is 3.83. The lowest BCUT2D eigenvalue weighted by Crippen LogP contribution is -1.98. The number of hydrogen-bond acceptors (Lipinski definition) is 4. The molecule has 0 aliphatic rings. The van der Waals surface area contributed by atoms with E-state index < -0.39 is 0 Å². The van der Waals surface area contributed by atoms with Crippen LogP contribution in [0.2, 0.25) is 0 Å². The van der Waals surface area contributed by atoms with Crippen molar-refractivity contribution in [2.45, 2.75) is 6.42 Å². The molecular formula is C13H11N3S. The van der Waals surface area contributed by atoms with Gasteiger partial charge < -0.3 is 5.73 Å². The Morgan fingerprint density at radius 3 is 3.00 bits per heavy atom. The SMILES string of the molecule is Nc1nc(Cc2cccs2)cc2ncccc12. The van der Waals surface area contributed by atoms with Crippen molar-refractivity contribution < 1.29 is 0 Å². The van der Waals surface area contributed by atoms with E-state index in [2.05, 4.69) is 21.4 Å². The molecule has 3 nitrogen and oxygen atoms in total. The molecule has 0 unspecified atom stereocenters. The maximum Gasteiger partial charge on any atom is 0.133 e. The van der Waals surface area contributed by atoms with E-state index in [0.29, 0.717) is 5.82 Å². The Labute approximate surface area is 103 Å². The first kappa shape index (κ1) is 10.2. The van der Waals surface area contributed by atoms with Crippen LogP contribution in [0.1, 0.15) is 10.6 Å². The van der Waals surface area contributed by atoms with E-state index in [0.717, 1.165) is 23.0 Å². The van der Waals surface area contributed by atoms with Gasteiger partial charge in [-0.2, -0.15) is 0 Å². The Hall–Kier alpha value is -1.94. The Kier molecular flexibility index (Phi) is 2.49. The zero-order valence-electron chi connectivity index (χ0n) is 9.13. The molecule has 0 saturated carbocycles. The van der Waals surface area contributed by atoms with Gasteiger partial charge in [-0.3, -0.25) is 4.98 Å². The number of aromatic nitrogens is 2. The van der Waals surface area contributed by atoms with Gasteiger partial charge in [-0.25, -0.2) is 4.98 Å². The Morgan fingerprint density at radius 1 is 1.24 bits per heavy atom. The predicted octanol–water partition coefficient (Wildman–Crippen LogP) is 2.86. The number of thiophene rings is 1. The van der Waals surface area contributed by atoms with E-state index in [9.17, 15) is 0 Å². The maximum absolute atomic E-state index is 5.94. The van der Waals surface area contributed by atoms with E-state index in [1.54, 1.807) is 17.5 Å². The van der Waals surface area contributed by atoms with Gasteiger partial charge in [-0.15, -0.1) is 11.3 Å². The lowest BCUT2D eigenvalue weighted by Gasteiger charge is -2.04. The predicted molar refractivity (Wildman–Crippen MR) is 71.1 cm³/mol. The summed E-state index contributed by atoms with van der Waals surface area (Å²) in [7, 11) is 0. The number of fused-ring (bicyclic) bond motifs is 1. The van der Waals surface area contributed by atoms with Gasteiger partial charge in [0.25, 0.3) is 0 Å². The second-order valence-corrected chi connectivity index (χ2v) is 4.86. The third-order valence-electron chi connectivity index (χ3n) is 2.62. The minimum atomic E-state index is 0.558. The summed E-state index contributed by atoms with van der Waals surface area (Å²) in [5, 5.41) is 2.99. The van der Waals surface area contributed by atoms with Crippen LogP contribution in [0.15, 0.2) is 41.9 Å². The summed E-state index contributed by atoms with van der Waals surface area (Å²) in [5.74, 6) is 0.558. The number of nitrogens with zero attached hydrogens (tertiary/aromatic N) is 2. The third kappa shape index (κ3) is 1.99. The van der Waals surface area contributed by atoms with Crippen LogP contribution in [0, 0.1) is 0 Å². The summed E-state index contributed by atoms with van der Waals surface area (Å²) in [6.45, 7) is 0. The topological polar surface area (TPSA) is 51.8 Å². The molecule has 0 fully saturated rings. The Balaban J connectivity index is 2.06. The molecule has 17 heavy (non-hydrogen) atoms. The fraction of sp³-hybridized carbons (Fsp3) is 0.0769. The molecule has 0 spiro atoms. The molecule has 0 aliphatic carbocycles. The summed E-state index contributed by atoms with van der Waals surface area (Å²) in [6, 6.07) is 9.97. The average molecular weight is 241 g/mol. The highest BCUT2D eigenvalue weighted by molar-refractivity contribution is 7.09. The summed E-state index contributed by atoms with van der Waals surface area (Å²) >= 11 is 1.73. The van der Waals surface area contributed by atoms with Crippen molar-refractivity contribution in [3.05, 3.63) is 52.5 Å². The van der Waals surface area contributed by atoms with Crippen LogP contribution in [0.5, 0.6) is 0 Å². The lowest BCUT2D eigenvalue weighted by molar-refractivity contribution is 1.11. The number of hydrogen-bond donors (Lipinski definition) is 1. The van der Waals surface area contributed by atoms with Crippen LogP contribution in [0.4, 0.5) is 5.82 Å². The lowest BCUT2D eigenvalue weighted by atomic mass is 10.2. The minimum absolute atomic E-state index is 0.558. The number of nitrogen functional groups attached to an aromatic ring is 1. The van der Waals surface area contributed by atoms with Crippen molar-refractivity contribution >= 4 is 28.1 Å². The summed E-state index contributed by atoms with van der Waals surface area (Å²) in [5.41, 5.74) is 7.82. The van der Waals surface area contributed by atoms with E-state index in [1.165, 1.54) is 4.88 Å². The highest BCUT2D eigenvalue weighted by atomic mass is 32.1. The van der Waals surface area contributed by atoms with Crippen LogP contribution < -0.4 is 5.73 Å². The van der Waals surface area contributed by atoms with E-state index in [1.807, 2.05) is 24.3 Å². The smallest absolute Gasteiger partial charge is 0.133 e. The van der Waals surface area contributed by atoms with Crippen molar-refractivity contribution in [3.8, 4) is 0 Å². The van der Waals surface area contributed by atoms with Crippen molar-refractivity contribution in [1.29, 1.82) is 0 Å². The second kappa shape index (κ2) is 4.14. The molecule has 0 saturated heterocycles. The molecule has 0 atom stereocenters. The molecule has 0 amide bonds. The van der Waals surface area contributed by atoms with E-state index >= 15 is 0 Å². The average Bonchev–Trinajstić information content (AvgIpc) is 2.82. The van der Waals surface area contributed by atoms with Crippen molar-refractivity contribution in [2.24, 2.45) is 0 Å². The van der Waals surface area contributed by atoms with Crippen molar-refractivity contribution in [1.82, 2.24) is 9.97 Å². The first-order valence-corrected chi connectivity index (χ1v) is 6.23. The number of anilines is 1. The molecule has 84 valence electrons. The number of nitrogens with two attached hydrogens (primary N) is 1. The standard InChI is InChI=1S/C13H11N3S/c14-13-11-4-1-5-15-12(11)8-9(16-13)7-10-3-2-6-17-10/h1-6,8H,7H2,(H2,14,16). The van der Waals surface area contributed by atoms with Crippen LogP contribution in [-0.2, 0) is 6.42 Å². The van der Waals surface area contributed by atoms with Gasteiger partial charge in [-0.05, 0) is 29.6 Å². The van der Waals surface area contributed by atoms with Gasteiger partial charge in [0.15, 0.2) is 0 Å². The number of pyridine rings is 2. The molecule has 3 heterocycles. The molecule has 0 radical (unpaired) electrons. The van der Waals surface area contributed by atoms with E-state index in [4.69, 9.17) is 5.73 Å². The summed E-state index contributed by atoms with van der Waals surface area (Å²) in [6.07, 6.45) is 2.59. The molecule has 0 aliphatic heterocycles. The van der Waals surface area contributed by atoms with Gasteiger partial charge in [0.1, 0.15) is 5.82 Å². The molecule has 0 bridgehead atoms. The fourth-order valence-corrected chi connectivity index (χ4v) is 2.56. The van der Waals surface area contributed by atoms with Gasteiger partial charge in [0.2, 0.25) is 0 Å². The quantitative estimate of drug-likeness (QED) is 0.750. The molecule has 2 N–H and O–H groups in total. The maximum atomic E-state index is 5.94. The monoisotopic (exact) mass is 241 g/mol. The summed E-state index contributed by atoms with van der Waals surface area (Å²) < 4.78 is 0. The third-order valence-corrected chi connectivity index (χ3v) is 3.49. The van der Waals surface area contributed by atoms with Crippen LogP contribution in [-0.4, -0.2) is 9.97 Å². The molecule has 3 aromatic rings. The van der Waals surface area contributed by atoms with Crippen molar-refractivity contribution in [2.75, 3.05) is 5.73 Å². The van der Waals surface area contributed by atoms with E-state index in [-0.39, 0.29) is 0 Å². The van der Waals surface area contributed by atoms with Gasteiger partial charge in [0, 0.05) is 22.9 Å². The molecule has 4 heteroatoms. The van der Waals surface area contributed by atoms with Crippen LogP contribution in [0.3, 0.4) is 0 Å². The van der Waals surface area contributed by atoms with Crippen LogP contribution >= 0.6 is 11.3 Å². The Morgan fingerprint density at radius 2 is 2.18 bits per heavy atom. The van der Waals surface area contributed by atoms with Crippen LogP contribution in [0.25, 0.3) is 10.9 Å². The summed E-state index contributed by atoms with van der Waals surface area (Å²) in [4.78, 5) is 10.0. The van der Waals surface area contributed by atoms with Crippen molar-refractivity contribution in [3.63, 3.8) is 0 Å². The first-order chi connectivity index (χ1) is 8.33. The minimum Gasteiger partial charge on any atom is -0.383 e. The first-order valence-electron chi connectivity index (χ1n) is 5.35.